The molecule has 0 spiro atoms. The lowest BCUT2D eigenvalue weighted by atomic mass is 10.3. The Morgan fingerprint density at radius 2 is 2.06 bits per heavy atom. The van der Waals surface area contributed by atoms with Crippen molar-refractivity contribution >= 4 is 17.3 Å². The molecule has 1 aromatic heterocycles. The Morgan fingerprint density at radius 3 is 2.59 bits per heavy atom. The van der Waals surface area contributed by atoms with Crippen LogP contribution in [0.4, 0.5) is 11.4 Å². The topological polar surface area (TPSA) is 101 Å². The predicted molar refractivity (Wildman–Crippen MR) is 59.6 cm³/mol. The number of aromatic amines is 1. The maximum absolute atomic E-state index is 11.6. The summed E-state index contributed by atoms with van der Waals surface area (Å²) in [5.41, 5.74) is 0.781. The summed E-state index contributed by atoms with van der Waals surface area (Å²) in [6.45, 7) is 0. The van der Waals surface area contributed by atoms with Gasteiger partial charge in [0.2, 0.25) is 0 Å². The first kappa shape index (κ1) is 10.8. The number of nitrogens with zero attached hydrogens (tertiary/aromatic N) is 2. The van der Waals surface area contributed by atoms with Crippen LogP contribution >= 0.6 is 0 Å². The van der Waals surface area contributed by atoms with Crippen LogP contribution in [0.5, 0.6) is 0 Å². The number of H-pyrrole nitrogens is 1. The van der Waals surface area contributed by atoms with Gasteiger partial charge in [-0.3, -0.25) is 14.9 Å². The molecule has 1 heterocycles. The zero-order valence-corrected chi connectivity index (χ0v) is 8.58. The standard InChI is InChI=1S/C10H8N4O3/c15-10(9-5-11-6-12-9)13-7-1-3-8(4-2-7)14(16)17/h1-6H,(H,11,12)(H,13,15). The van der Waals surface area contributed by atoms with E-state index < -0.39 is 4.92 Å². The molecule has 1 aromatic carbocycles. The van der Waals surface area contributed by atoms with Gasteiger partial charge in [-0.25, -0.2) is 4.98 Å². The summed E-state index contributed by atoms with van der Waals surface area (Å²) in [5, 5.41) is 13.0. The van der Waals surface area contributed by atoms with Gasteiger partial charge in [0.15, 0.2) is 0 Å². The molecule has 2 N–H and O–H groups in total. The molecule has 7 heteroatoms. The maximum atomic E-state index is 11.6. The van der Waals surface area contributed by atoms with E-state index in [1.807, 2.05) is 0 Å². The van der Waals surface area contributed by atoms with Gasteiger partial charge in [-0.05, 0) is 12.1 Å². The Hall–Kier alpha value is -2.70. The van der Waals surface area contributed by atoms with Gasteiger partial charge in [0, 0.05) is 17.8 Å². The minimum absolute atomic E-state index is 0.0236. The monoisotopic (exact) mass is 232 g/mol. The third-order valence-electron chi connectivity index (χ3n) is 2.08. The number of aromatic nitrogens is 2. The number of nitro groups is 1. The van der Waals surface area contributed by atoms with Crippen LogP contribution in [-0.2, 0) is 0 Å². The molecule has 17 heavy (non-hydrogen) atoms. The summed E-state index contributed by atoms with van der Waals surface area (Å²) in [4.78, 5) is 27.9. The number of imidazole rings is 1. The number of carbonyl (C=O) groups is 1. The Balaban J connectivity index is 2.09. The Bertz CT molecular complexity index is 533. The quantitative estimate of drug-likeness (QED) is 0.619. The van der Waals surface area contributed by atoms with E-state index in [1.165, 1.54) is 36.8 Å². The first-order chi connectivity index (χ1) is 8.16. The molecular formula is C10H8N4O3. The van der Waals surface area contributed by atoms with Gasteiger partial charge in [0.05, 0.1) is 17.4 Å². The maximum Gasteiger partial charge on any atom is 0.273 e. The van der Waals surface area contributed by atoms with Crippen molar-refractivity contribution < 1.29 is 9.72 Å². The highest BCUT2D eigenvalue weighted by Crippen LogP contribution is 2.15. The van der Waals surface area contributed by atoms with Crippen LogP contribution in [-0.4, -0.2) is 20.8 Å². The fourth-order valence-corrected chi connectivity index (χ4v) is 1.24. The molecule has 0 saturated heterocycles. The van der Waals surface area contributed by atoms with Crippen molar-refractivity contribution in [2.75, 3.05) is 5.32 Å². The number of carbonyl (C=O) groups excluding carboxylic acids is 1. The summed E-state index contributed by atoms with van der Waals surface area (Å²) in [6.07, 6.45) is 2.78. The average Bonchev–Trinajstić information content (AvgIpc) is 2.83. The van der Waals surface area contributed by atoms with Gasteiger partial charge in [-0.1, -0.05) is 0 Å². The highest BCUT2D eigenvalue weighted by molar-refractivity contribution is 6.02. The second kappa shape index (κ2) is 4.44. The number of nitrogens with one attached hydrogen (secondary N) is 2. The number of rotatable bonds is 3. The first-order valence-corrected chi connectivity index (χ1v) is 4.71. The second-order valence-electron chi connectivity index (χ2n) is 3.22. The van der Waals surface area contributed by atoms with Gasteiger partial charge in [0.1, 0.15) is 5.69 Å². The molecule has 0 saturated carbocycles. The Morgan fingerprint density at radius 1 is 1.35 bits per heavy atom. The summed E-state index contributed by atoms with van der Waals surface area (Å²) < 4.78 is 0. The Kier molecular flexibility index (Phi) is 2.82. The largest absolute Gasteiger partial charge is 0.341 e. The number of benzene rings is 1. The van der Waals surface area contributed by atoms with Gasteiger partial charge >= 0.3 is 0 Å². The fourth-order valence-electron chi connectivity index (χ4n) is 1.24. The molecule has 0 unspecified atom stereocenters. The molecular weight excluding hydrogens is 224 g/mol. The van der Waals surface area contributed by atoms with Gasteiger partial charge in [-0.2, -0.15) is 0 Å². The van der Waals surface area contributed by atoms with Crippen molar-refractivity contribution in [2.24, 2.45) is 0 Å². The number of amides is 1. The number of non-ortho nitro benzene ring substituents is 1. The fraction of sp³-hybridized carbons (Fsp3) is 0. The predicted octanol–water partition coefficient (Wildman–Crippen LogP) is 1.57. The minimum atomic E-state index is -0.500. The lowest BCUT2D eigenvalue weighted by Gasteiger charge is -2.02. The molecule has 2 aromatic rings. The molecule has 86 valence electrons. The molecule has 2 rings (SSSR count). The summed E-state index contributed by atoms with van der Waals surface area (Å²) in [5.74, 6) is -0.351. The van der Waals surface area contributed by atoms with Crippen LogP contribution in [0.25, 0.3) is 0 Å². The smallest absolute Gasteiger partial charge is 0.273 e. The van der Waals surface area contributed by atoms with Crippen molar-refractivity contribution in [1.82, 2.24) is 9.97 Å². The highest BCUT2D eigenvalue weighted by Gasteiger charge is 2.08. The van der Waals surface area contributed by atoms with Crippen LogP contribution in [0, 0.1) is 10.1 Å². The highest BCUT2D eigenvalue weighted by atomic mass is 16.6. The number of hydrogen-bond acceptors (Lipinski definition) is 4. The van der Waals surface area contributed by atoms with E-state index in [-0.39, 0.29) is 11.6 Å². The molecule has 0 aliphatic rings. The van der Waals surface area contributed by atoms with E-state index in [9.17, 15) is 14.9 Å². The van der Waals surface area contributed by atoms with E-state index in [2.05, 4.69) is 15.3 Å². The van der Waals surface area contributed by atoms with Crippen molar-refractivity contribution in [2.45, 2.75) is 0 Å². The molecule has 0 aliphatic heterocycles. The molecule has 0 bridgehead atoms. The van der Waals surface area contributed by atoms with Crippen LogP contribution in [0.15, 0.2) is 36.8 Å². The lowest BCUT2D eigenvalue weighted by molar-refractivity contribution is -0.384. The van der Waals surface area contributed by atoms with Crippen LogP contribution in [0.1, 0.15) is 10.5 Å². The molecule has 0 atom stereocenters. The van der Waals surface area contributed by atoms with Crippen molar-refractivity contribution in [3.63, 3.8) is 0 Å². The van der Waals surface area contributed by atoms with Crippen LogP contribution < -0.4 is 5.32 Å². The zero-order chi connectivity index (χ0) is 12.3. The summed E-state index contributed by atoms with van der Waals surface area (Å²) in [6, 6.07) is 5.57. The van der Waals surface area contributed by atoms with Gasteiger partial charge in [0.25, 0.3) is 11.6 Å². The molecule has 0 fully saturated rings. The van der Waals surface area contributed by atoms with Gasteiger partial charge in [-0.15, -0.1) is 0 Å². The SMILES string of the molecule is O=C(Nc1ccc([N+](=O)[O-])cc1)c1cnc[nH]1. The summed E-state index contributed by atoms with van der Waals surface area (Å²) >= 11 is 0. The normalized spacial score (nSPS) is 9.88. The van der Waals surface area contributed by atoms with E-state index in [0.29, 0.717) is 11.4 Å². The molecule has 0 aliphatic carbocycles. The van der Waals surface area contributed by atoms with Crippen LogP contribution in [0.2, 0.25) is 0 Å². The zero-order valence-electron chi connectivity index (χ0n) is 8.58. The lowest BCUT2D eigenvalue weighted by Crippen LogP contribution is -2.12. The Labute approximate surface area is 95.6 Å². The van der Waals surface area contributed by atoms with Crippen molar-refractivity contribution in [3.8, 4) is 0 Å². The van der Waals surface area contributed by atoms with Crippen LogP contribution in [0.3, 0.4) is 0 Å². The third-order valence-corrected chi connectivity index (χ3v) is 2.08. The van der Waals surface area contributed by atoms with E-state index in [4.69, 9.17) is 0 Å². The van der Waals surface area contributed by atoms with Gasteiger partial charge < -0.3 is 10.3 Å². The van der Waals surface area contributed by atoms with E-state index in [0.717, 1.165) is 0 Å². The number of hydrogen-bond donors (Lipinski definition) is 2. The number of anilines is 1. The first-order valence-electron chi connectivity index (χ1n) is 4.71. The third kappa shape index (κ3) is 2.46. The summed E-state index contributed by atoms with van der Waals surface area (Å²) in [7, 11) is 0. The molecule has 0 radical (unpaired) electrons. The van der Waals surface area contributed by atoms with E-state index in [1.54, 1.807) is 0 Å². The second-order valence-corrected chi connectivity index (χ2v) is 3.22. The molecule has 1 amide bonds. The molecule has 7 nitrogen and oxygen atoms in total. The van der Waals surface area contributed by atoms with Crippen molar-refractivity contribution in [3.05, 3.63) is 52.6 Å². The average molecular weight is 232 g/mol. The van der Waals surface area contributed by atoms with Crippen molar-refractivity contribution in [1.29, 1.82) is 0 Å². The minimum Gasteiger partial charge on any atom is -0.341 e. The van der Waals surface area contributed by atoms with E-state index >= 15 is 0 Å². The number of nitro benzene ring substituents is 1.